The van der Waals surface area contributed by atoms with Gasteiger partial charge in [-0.3, -0.25) is 4.98 Å². The van der Waals surface area contributed by atoms with Crippen molar-refractivity contribution in [3.63, 3.8) is 0 Å². The van der Waals surface area contributed by atoms with Crippen LogP contribution in [0, 0.1) is 23.5 Å². The van der Waals surface area contributed by atoms with E-state index in [0.717, 1.165) is 0 Å². The molecule has 3 nitrogen and oxygen atoms in total. The summed E-state index contributed by atoms with van der Waals surface area (Å²) < 4.78 is 52.0. The molecule has 2 rings (SSSR count). The zero-order chi connectivity index (χ0) is 13.1. The van der Waals surface area contributed by atoms with E-state index in [2.05, 4.69) is 15.3 Å². The molecule has 0 fully saturated rings. The highest BCUT2D eigenvalue weighted by molar-refractivity contribution is 5.45. The fraction of sp³-hybridized carbons (Fsp3) is 0.0909. The second kappa shape index (κ2) is 4.99. The second-order valence-corrected chi connectivity index (χ2v) is 3.41. The highest BCUT2D eigenvalue weighted by Crippen LogP contribution is 2.22. The van der Waals surface area contributed by atoms with Crippen LogP contribution in [0.5, 0.6) is 0 Å². The maximum atomic E-state index is 13.2. The van der Waals surface area contributed by atoms with Crippen LogP contribution >= 0.6 is 0 Å². The van der Waals surface area contributed by atoms with Gasteiger partial charge < -0.3 is 5.32 Å². The molecule has 2 aromatic heterocycles. The first-order chi connectivity index (χ1) is 8.59. The van der Waals surface area contributed by atoms with Crippen molar-refractivity contribution in [3.8, 4) is 0 Å². The van der Waals surface area contributed by atoms with E-state index in [4.69, 9.17) is 0 Å². The maximum absolute atomic E-state index is 13.2. The van der Waals surface area contributed by atoms with Crippen LogP contribution in [0.1, 0.15) is 5.56 Å². The molecular formula is C11H7F4N3. The third-order valence-electron chi connectivity index (χ3n) is 2.19. The van der Waals surface area contributed by atoms with Gasteiger partial charge in [-0.15, -0.1) is 0 Å². The summed E-state index contributed by atoms with van der Waals surface area (Å²) >= 11 is 0. The van der Waals surface area contributed by atoms with Gasteiger partial charge in [-0.05, 0) is 11.6 Å². The minimum Gasteiger partial charge on any atom is -0.376 e. The van der Waals surface area contributed by atoms with E-state index < -0.39 is 29.2 Å². The van der Waals surface area contributed by atoms with Crippen molar-refractivity contribution in [1.82, 2.24) is 9.97 Å². The molecule has 0 aliphatic heterocycles. The molecule has 0 saturated carbocycles. The van der Waals surface area contributed by atoms with Gasteiger partial charge in [-0.2, -0.15) is 22.5 Å². The molecule has 0 aromatic carbocycles. The Hall–Kier alpha value is -2.18. The Morgan fingerprint density at radius 2 is 1.72 bits per heavy atom. The van der Waals surface area contributed by atoms with Crippen LogP contribution in [-0.2, 0) is 6.54 Å². The number of pyridine rings is 2. The molecule has 2 aromatic rings. The van der Waals surface area contributed by atoms with E-state index in [0.29, 0.717) is 5.56 Å². The van der Waals surface area contributed by atoms with Gasteiger partial charge in [-0.25, -0.2) is 0 Å². The van der Waals surface area contributed by atoms with Crippen LogP contribution in [0.15, 0.2) is 24.5 Å². The first-order valence-electron chi connectivity index (χ1n) is 4.92. The van der Waals surface area contributed by atoms with Gasteiger partial charge in [-0.1, -0.05) is 6.07 Å². The van der Waals surface area contributed by atoms with Gasteiger partial charge in [0.05, 0.1) is 0 Å². The van der Waals surface area contributed by atoms with Gasteiger partial charge in [0.15, 0.2) is 0 Å². The molecule has 94 valence electrons. The van der Waals surface area contributed by atoms with Crippen LogP contribution < -0.4 is 5.32 Å². The minimum absolute atomic E-state index is 0.0232. The van der Waals surface area contributed by atoms with E-state index >= 15 is 0 Å². The number of anilines is 1. The Morgan fingerprint density at radius 3 is 2.28 bits per heavy atom. The molecule has 18 heavy (non-hydrogen) atoms. The third kappa shape index (κ3) is 2.39. The predicted molar refractivity (Wildman–Crippen MR) is 55.6 cm³/mol. The summed E-state index contributed by atoms with van der Waals surface area (Å²) in [7, 11) is 0. The summed E-state index contributed by atoms with van der Waals surface area (Å²) in [4.78, 5) is 6.24. The molecular weight excluding hydrogens is 250 g/mol. The van der Waals surface area contributed by atoms with Crippen molar-refractivity contribution < 1.29 is 17.6 Å². The van der Waals surface area contributed by atoms with Crippen LogP contribution in [0.2, 0.25) is 0 Å². The van der Waals surface area contributed by atoms with E-state index in [9.17, 15) is 17.6 Å². The lowest BCUT2D eigenvalue weighted by Crippen LogP contribution is -2.09. The number of hydrogen-bond acceptors (Lipinski definition) is 3. The van der Waals surface area contributed by atoms with E-state index in [1.54, 1.807) is 12.1 Å². The van der Waals surface area contributed by atoms with Gasteiger partial charge >= 0.3 is 0 Å². The standard InChI is InChI=1S/C11H7F4N3/c12-7-9(8(13)11(15)18-10(7)14)17-5-6-2-1-3-16-4-6/h1-4H,5H2,(H,17,18). The topological polar surface area (TPSA) is 37.8 Å². The zero-order valence-corrected chi connectivity index (χ0v) is 8.92. The molecule has 0 bridgehead atoms. The second-order valence-electron chi connectivity index (χ2n) is 3.41. The lowest BCUT2D eigenvalue weighted by molar-refractivity contribution is 0.410. The smallest absolute Gasteiger partial charge is 0.253 e. The summed E-state index contributed by atoms with van der Waals surface area (Å²) in [5.74, 6) is -6.50. The SMILES string of the molecule is Fc1nc(F)c(F)c(NCc2cccnc2)c1F. The largest absolute Gasteiger partial charge is 0.376 e. The maximum Gasteiger partial charge on any atom is 0.253 e. The number of rotatable bonds is 3. The Kier molecular flexibility index (Phi) is 3.40. The Balaban J connectivity index is 2.24. The molecule has 7 heteroatoms. The molecule has 0 unspecified atom stereocenters. The van der Waals surface area contributed by atoms with Crippen LogP contribution in [0.25, 0.3) is 0 Å². The number of nitrogens with zero attached hydrogens (tertiary/aromatic N) is 2. The van der Waals surface area contributed by atoms with Crippen molar-refractivity contribution in [2.24, 2.45) is 0 Å². The summed E-state index contributed by atoms with van der Waals surface area (Å²) in [6, 6.07) is 3.27. The van der Waals surface area contributed by atoms with Crippen LogP contribution in [0.4, 0.5) is 23.2 Å². The molecule has 0 radical (unpaired) electrons. The average molecular weight is 257 g/mol. The number of halogens is 4. The summed E-state index contributed by atoms with van der Waals surface area (Å²) in [6.07, 6.45) is 2.98. The van der Waals surface area contributed by atoms with Gasteiger partial charge in [0, 0.05) is 18.9 Å². The summed E-state index contributed by atoms with van der Waals surface area (Å²) in [5.41, 5.74) is -0.280. The van der Waals surface area contributed by atoms with Gasteiger partial charge in [0.25, 0.3) is 11.9 Å². The third-order valence-corrected chi connectivity index (χ3v) is 2.19. The van der Waals surface area contributed by atoms with Crippen molar-refractivity contribution in [1.29, 1.82) is 0 Å². The fourth-order valence-electron chi connectivity index (χ4n) is 1.34. The molecule has 0 aliphatic carbocycles. The number of nitrogens with one attached hydrogen (secondary N) is 1. The first kappa shape index (κ1) is 12.3. The first-order valence-corrected chi connectivity index (χ1v) is 4.92. The molecule has 0 amide bonds. The molecule has 1 N–H and O–H groups in total. The van der Waals surface area contributed by atoms with Gasteiger partial charge in [0.2, 0.25) is 11.6 Å². The molecule has 0 saturated heterocycles. The Bertz CT molecular complexity index is 534. The van der Waals surface area contributed by atoms with Crippen molar-refractivity contribution in [2.75, 3.05) is 5.32 Å². The minimum atomic E-state index is -1.69. The van der Waals surface area contributed by atoms with E-state index in [1.807, 2.05) is 0 Å². The number of hydrogen-bond donors (Lipinski definition) is 1. The highest BCUT2D eigenvalue weighted by Gasteiger charge is 2.20. The average Bonchev–Trinajstić information content (AvgIpc) is 2.38. The van der Waals surface area contributed by atoms with E-state index in [-0.39, 0.29) is 6.54 Å². The van der Waals surface area contributed by atoms with Crippen molar-refractivity contribution >= 4 is 5.69 Å². The quantitative estimate of drug-likeness (QED) is 0.678. The molecule has 0 atom stereocenters. The van der Waals surface area contributed by atoms with Crippen LogP contribution in [0.3, 0.4) is 0 Å². The van der Waals surface area contributed by atoms with Crippen molar-refractivity contribution in [3.05, 3.63) is 53.6 Å². The molecule has 2 heterocycles. The zero-order valence-electron chi connectivity index (χ0n) is 8.92. The predicted octanol–water partition coefficient (Wildman–Crippen LogP) is 2.65. The summed E-state index contributed by atoms with van der Waals surface area (Å²) in [5, 5.41) is 2.27. The highest BCUT2D eigenvalue weighted by atomic mass is 19.2. The molecule has 0 aliphatic rings. The van der Waals surface area contributed by atoms with Crippen LogP contribution in [-0.4, -0.2) is 9.97 Å². The van der Waals surface area contributed by atoms with E-state index in [1.165, 1.54) is 12.4 Å². The van der Waals surface area contributed by atoms with Crippen molar-refractivity contribution in [2.45, 2.75) is 6.54 Å². The number of aromatic nitrogens is 2. The normalized spacial score (nSPS) is 10.4. The monoisotopic (exact) mass is 257 g/mol. The Morgan fingerprint density at radius 1 is 1.06 bits per heavy atom. The van der Waals surface area contributed by atoms with Gasteiger partial charge in [0.1, 0.15) is 5.69 Å². The lowest BCUT2D eigenvalue weighted by atomic mass is 10.2. The Labute approximate surface area is 99.5 Å². The summed E-state index contributed by atoms with van der Waals surface area (Å²) in [6.45, 7) is -0.0232. The fourth-order valence-corrected chi connectivity index (χ4v) is 1.34. The molecule has 0 spiro atoms. The lowest BCUT2D eigenvalue weighted by Gasteiger charge is -2.09.